The van der Waals surface area contributed by atoms with Crippen molar-refractivity contribution in [3.8, 4) is 17.0 Å². The summed E-state index contributed by atoms with van der Waals surface area (Å²) in [5, 5.41) is 13.6. The van der Waals surface area contributed by atoms with Crippen LogP contribution in [-0.4, -0.2) is 71.4 Å². The van der Waals surface area contributed by atoms with E-state index in [1.54, 1.807) is 35.0 Å². The van der Waals surface area contributed by atoms with Gasteiger partial charge in [0.25, 0.3) is 6.43 Å². The molecule has 1 aliphatic rings. The lowest BCUT2D eigenvalue weighted by Gasteiger charge is -2.34. The Balaban J connectivity index is 1.65. The van der Waals surface area contributed by atoms with E-state index in [1.165, 1.54) is 7.11 Å². The zero-order valence-corrected chi connectivity index (χ0v) is 18.9. The van der Waals surface area contributed by atoms with Gasteiger partial charge in [0.15, 0.2) is 0 Å². The number of methoxy groups -OCH3 is 1. The number of piperidine rings is 1. The number of hydrogen-bond acceptors (Lipinski definition) is 8. The number of nitrogens with zero attached hydrogens (tertiary/aromatic N) is 5. The summed E-state index contributed by atoms with van der Waals surface area (Å²) in [6, 6.07) is 6.36. The van der Waals surface area contributed by atoms with Crippen LogP contribution in [-0.2, 0) is 0 Å². The topological polar surface area (TPSA) is 103 Å². The first kappa shape index (κ1) is 23.7. The summed E-state index contributed by atoms with van der Waals surface area (Å²) < 4.78 is 47.1. The Labute approximate surface area is 194 Å². The summed E-state index contributed by atoms with van der Waals surface area (Å²) in [4.78, 5) is 6.52. The van der Waals surface area contributed by atoms with Crippen LogP contribution in [0.4, 0.5) is 30.5 Å². The minimum Gasteiger partial charge on any atom is -0.479 e. The monoisotopic (exact) mass is 476 g/mol. The van der Waals surface area contributed by atoms with Crippen molar-refractivity contribution in [2.24, 2.45) is 5.11 Å². The van der Waals surface area contributed by atoms with Crippen LogP contribution >= 0.6 is 0 Å². The van der Waals surface area contributed by atoms with Gasteiger partial charge in [0.1, 0.15) is 17.4 Å². The highest BCUT2D eigenvalue weighted by Gasteiger charge is 2.29. The molecule has 1 aromatic carbocycles. The second-order valence-electron chi connectivity index (χ2n) is 8.03. The Hall–Kier alpha value is -3.41. The maximum atomic E-state index is 14.6. The summed E-state index contributed by atoms with van der Waals surface area (Å²) in [5.74, 6) is 0.544. The van der Waals surface area contributed by atoms with Gasteiger partial charge in [0.2, 0.25) is 11.8 Å². The summed E-state index contributed by atoms with van der Waals surface area (Å²) in [7, 11) is 1.48. The maximum absolute atomic E-state index is 14.6. The third-order valence-corrected chi connectivity index (χ3v) is 5.93. The Bertz CT molecular complexity index is 1150. The molecule has 3 heterocycles. The van der Waals surface area contributed by atoms with Crippen molar-refractivity contribution >= 4 is 22.8 Å². The molecule has 2 atom stereocenters. The first-order chi connectivity index (χ1) is 16.4. The Morgan fingerprint density at radius 1 is 1.32 bits per heavy atom. The lowest BCUT2D eigenvalue weighted by molar-refractivity contribution is 0.131. The van der Waals surface area contributed by atoms with Crippen LogP contribution in [0.1, 0.15) is 13.3 Å². The van der Waals surface area contributed by atoms with Crippen LogP contribution in [0, 0.1) is 5.53 Å². The van der Waals surface area contributed by atoms with Crippen LogP contribution < -0.4 is 15.4 Å². The predicted molar refractivity (Wildman–Crippen MR) is 123 cm³/mol. The fourth-order valence-corrected chi connectivity index (χ4v) is 4.14. The first-order valence-electron chi connectivity index (χ1n) is 11.0. The average molecular weight is 477 g/mol. The van der Waals surface area contributed by atoms with Crippen molar-refractivity contribution in [2.75, 3.05) is 43.9 Å². The number of fused-ring (bicyclic) bond motifs is 1. The van der Waals surface area contributed by atoms with Crippen LogP contribution in [0.15, 0.2) is 35.6 Å². The van der Waals surface area contributed by atoms with Gasteiger partial charge in [-0.25, -0.2) is 23.2 Å². The molecule has 0 amide bonds. The molecule has 0 spiro atoms. The lowest BCUT2D eigenvalue weighted by Crippen LogP contribution is -2.47. The van der Waals surface area contributed by atoms with Crippen molar-refractivity contribution in [1.29, 1.82) is 5.53 Å². The van der Waals surface area contributed by atoms with Crippen LogP contribution in [0.5, 0.6) is 5.88 Å². The molecule has 34 heavy (non-hydrogen) atoms. The number of anilines is 2. The third-order valence-electron chi connectivity index (χ3n) is 5.93. The number of aromatic nitrogens is 3. The van der Waals surface area contributed by atoms with Gasteiger partial charge in [-0.15, -0.1) is 5.10 Å². The standard InChI is InChI=1S/C22H27F3N8O/c1-3-32-8-7-16(15(23)12-32)28-22-29-21(34-2)20-14(6-9-33(20)31-22)13-4-5-17(30-26)18(10-13)27-11-19(24)25/h4-6,9-10,15-16,19,26-27H,3,7-8,11-12H2,1-2H3,(H,28,31)/t15-,16+/m1/s1. The molecule has 0 unspecified atom stereocenters. The minimum atomic E-state index is -2.55. The SMILES string of the molecule is CCN1CC[C@H](Nc2nc(OC)c3c(-c4ccc(N=N)c(NCC(F)F)c4)ccn3n2)[C@H](F)C1. The third kappa shape index (κ3) is 4.91. The first-order valence-corrected chi connectivity index (χ1v) is 11.0. The summed E-state index contributed by atoms with van der Waals surface area (Å²) in [6.07, 6.45) is -1.23. The highest BCUT2D eigenvalue weighted by atomic mass is 19.3. The van der Waals surface area contributed by atoms with Crippen LogP contribution in [0.2, 0.25) is 0 Å². The van der Waals surface area contributed by atoms with E-state index in [-0.39, 0.29) is 17.5 Å². The summed E-state index contributed by atoms with van der Waals surface area (Å²) >= 11 is 0. The molecule has 3 N–H and O–H groups in total. The minimum absolute atomic E-state index is 0.248. The number of hydrogen-bond donors (Lipinski definition) is 3. The normalized spacial score (nSPS) is 18.9. The molecular formula is C22H27F3N8O. The van der Waals surface area contributed by atoms with Gasteiger partial charge in [-0.2, -0.15) is 10.1 Å². The largest absolute Gasteiger partial charge is 0.479 e. The van der Waals surface area contributed by atoms with Crippen molar-refractivity contribution in [2.45, 2.75) is 32.0 Å². The number of nitrogens with one attached hydrogen (secondary N) is 3. The van der Waals surface area contributed by atoms with Gasteiger partial charge < -0.3 is 20.3 Å². The maximum Gasteiger partial charge on any atom is 0.255 e. The molecule has 1 fully saturated rings. The predicted octanol–water partition coefficient (Wildman–Crippen LogP) is 4.59. The van der Waals surface area contributed by atoms with E-state index in [4.69, 9.17) is 10.3 Å². The molecular weight excluding hydrogens is 449 g/mol. The molecule has 1 aliphatic heterocycles. The van der Waals surface area contributed by atoms with E-state index >= 15 is 0 Å². The molecule has 0 saturated carbocycles. The van der Waals surface area contributed by atoms with Crippen molar-refractivity contribution in [3.63, 3.8) is 0 Å². The molecule has 1 saturated heterocycles. The van der Waals surface area contributed by atoms with Gasteiger partial charge in [-0.3, -0.25) is 0 Å². The second kappa shape index (κ2) is 10.2. The fourth-order valence-electron chi connectivity index (χ4n) is 4.14. The smallest absolute Gasteiger partial charge is 0.255 e. The number of benzene rings is 1. The zero-order valence-electron chi connectivity index (χ0n) is 18.9. The quantitative estimate of drug-likeness (QED) is 0.391. The number of likely N-dealkylation sites (tertiary alicyclic amines) is 1. The number of ether oxygens (including phenoxy) is 1. The zero-order chi connectivity index (χ0) is 24.2. The highest BCUT2D eigenvalue weighted by molar-refractivity contribution is 5.87. The van der Waals surface area contributed by atoms with E-state index in [0.29, 0.717) is 35.3 Å². The second-order valence-corrected chi connectivity index (χ2v) is 8.03. The molecule has 9 nitrogen and oxygen atoms in total. The van der Waals surface area contributed by atoms with Gasteiger partial charge in [0.05, 0.1) is 25.4 Å². The summed E-state index contributed by atoms with van der Waals surface area (Å²) in [5.41, 5.74) is 9.82. The van der Waals surface area contributed by atoms with Gasteiger partial charge in [-0.05, 0) is 36.7 Å². The Morgan fingerprint density at radius 2 is 2.15 bits per heavy atom. The number of rotatable bonds is 9. The Kier molecular flexibility index (Phi) is 7.15. The Morgan fingerprint density at radius 3 is 2.82 bits per heavy atom. The molecule has 2 aromatic heterocycles. The van der Waals surface area contributed by atoms with Gasteiger partial charge in [-0.1, -0.05) is 13.0 Å². The summed E-state index contributed by atoms with van der Waals surface area (Å²) in [6.45, 7) is 3.43. The molecule has 0 bridgehead atoms. The van der Waals surface area contributed by atoms with E-state index in [2.05, 4.69) is 30.7 Å². The molecule has 3 aromatic rings. The average Bonchev–Trinajstić information content (AvgIpc) is 3.27. The molecule has 0 aliphatic carbocycles. The van der Waals surface area contributed by atoms with Crippen LogP contribution in [0.3, 0.4) is 0 Å². The van der Waals surface area contributed by atoms with E-state index in [9.17, 15) is 13.2 Å². The molecule has 0 radical (unpaired) electrons. The fraction of sp³-hybridized carbons (Fsp3) is 0.455. The molecule has 182 valence electrons. The van der Waals surface area contributed by atoms with E-state index in [0.717, 1.165) is 13.1 Å². The highest BCUT2D eigenvalue weighted by Crippen LogP contribution is 2.36. The van der Waals surface area contributed by atoms with Gasteiger partial charge in [0, 0.05) is 24.8 Å². The van der Waals surface area contributed by atoms with Crippen molar-refractivity contribution in [3.05, 3.63) is 30.5 Å². The van der Waals surface area contributed by atoms with Gasteiger partial charge >= 0.3 is 0 Å². The van der Waals surface area contributed by atoms with Crippen molar-refractivity contribution < 1.29 is 17.9 Å². The molecule has 12 heteroatoms. The lowest BCUT2D eigenvalue weighted by atomic mass is 10.0. The molecule has 4 rings (SSSR count). The number of alkyl halides is 3. The number of halogens is 3. The van der Waals surface area contributed by atoms with Crippen LogP contribution in [0.25, 0.3) is 16.6 Å². The van der Waals surface area contributed by atoms with E-state index < -0.39 is 25.2 Å². The van der Waals surface area contributed by atoms with Crippen molar-refractivity contribution in [1.82, 2.24) is 19.5 Å². The van der Waals surface area contributed by atoms with E-state index in [1.807, 2.05) is 6.92 Å².